The number of nitrogens with zero attached hydrogens (tertiary/aromatic N) is 1. The summed E-state index contributed by atoms with van der Waals surface area (Å²) in [6.45, 7) is 0.0593. The number of carbonyl (C=O) groups is 2. The predicted octanol–water partition coefficient (Wildman–Crippen LogP) is 1.03. The first-order chi connectivity index (χ1) is 6.59. The second kappa shape index (κ2) is 2.73. The van der Waals surface area contributed by atoms with E-state index in [4.69, 9.17) is 10.2 Å². The molecule has 0 aliphatic carbocycles. The van der Waals surface area contributed by atoms with Crippen molar-refractivity contribution in [1.29, 1.82) is 0 Å². The van der Waals surface area contributed by atoms with Gasteiger partial charge in [-0.25, -0.2) is 9.69 Å². The second-order valence-corrected chi connectivity index (χ2v) is 3.02. The second-order valence-electron chi connectivity index (χ2n) is 3.02. The number of aromatic hydroxyl groups is 1. The van der Waals surface area contributed by atoms with Gasteiger partial charge in [0.15, 0.2) is 0 Å². The maximum absolute atomic E-state index is 11.4. The first-order valence-electron chi connectivity index (χ1n) is 3.96. The third kappa shape index (κ3) is 1.10. The fraction of sp³-hybridized carbons (Fsp3) is 0.111. The Hall–Kier alpha value is -2.04. The number of carbonyl (C=O) groups excluding carboxylic acids is 1. The van der Waals surface area contributed by atoms with Crippen LogP contribution in [0.25, 0.3) is 0 Å². The highest BCUT2D eigenvalue weighted by Crippen LogP contribution is 2.25. The maximum Gasteiger partial charge on any atom is 0.414 e. The molecule has 0 radical (unpaired) electrons. The number of hydrogen-bond donors (Lipinski definition) is 2. The molecule has 1 aliphatic heterocycles. The van der Waals surface area contributed by atoms with Crippen molar-refractivity contribution in [1.82, 2.24) is 4.90 Å². The fourth-order valence-corrected chi connectivity index (χ4v) is 1.44. The number of hydrogen-bond acceptors (Lipinski definition) is 3. The van der Waals surface area contributed by atoms with Gasteiger partial charge in [0.05, 0.1) is 6.54 Å². The number of phenols is 1. The molecular weight excluding hydrogens is 186 g/mol. The lowest BCUT2D eigenvalue weighted by Crippen LogP contribution is -2.29. The van der Waals surface area contributed by atoms with E-state index >= 15 is 0 Å². The minimum atomic E-state index is -1.27. The fourth-order valence-electron chi connectivity index (χ4n) is 1.44. The minimum absolute atomic E-state index is 0.0376. The summed E-state index contributed by atoms with van der Waals surface area (Å²) in [5.74, 6) is -0.618. The average molecular weight is 193 g/mol. The van der Waals surface area contributed by atoms with Crippen LogP contribution in [-0.4, -0.2) is 27.1 Å². The van der Waals surface area contributed by atoms with Crippen molar-refractivity contribution in [3.05, 3.63) is 29.3 Å². The molecule has 0 spiro atoms. The average Bonchev–Trinajstić information content (AvgIpc) is 2.44. The van der Waals surface area contributed by atoms with Gasteiger partial charge in [0.25, 0.3) is 5.91 Å². The molecule has 1 aromatic rings. The first kappa shape index (κ1) is 8.55. The molecule has 72 valence electrons. The number of amides is 2. The zero-order valence-corrected chi connectivity index (χ0v) is 7.10. The number of phenolic OH excluding ortho intramolecular Hbond substituents is 1. The lowest BCUT2D eigenvalue weighted by atomic mass is 10.1. The third-order valence-corrected chi connectivity index (χ3v) is 2.13. The van der Waals surface area contributed by atoms with Crippen LogP contribution in [-0.2, 0) is 6.54 Å². The Balaban J connectivity index is 2.46. The van der Waals surface area contributed by atoms with Gasteiger partial charge < -0.3 is 10.2 Å². The number of imide groups is 1. The molecule has 5 heteroatoms. The van der Waals surface area contributed by atoms with Crippen molar-refractivity contribution in [2.75, 3.05) is 0 Å². The van der Waals surface area contributed by atoms with Crippen LogP contribution < -0.4 is 0 Å². The molecule has 0 aromatic heterocycles. The van der Waals surface area contributed by atoms with Gasteiger partial charge in [0, 0.05) is 5.56 Å². The lowest BCUT2D eigenvalue weighted by Gasteiger charge is -2.06. The molecule has 1 aromatic carbocycles. The van der Waals surface area contributed by atoms with Crippen LogP contribution >= 0.6 is 0 Å². The van der Waals surface area contributed by atoms with Gasteiger partial charge in [-0.2, -0.15) is 0 Å². The SMILES string of the molecule is O=C(O)N1Cc2ccc(O)cc2C1=O. The maximum atomic E-state index is 11.4. The monoisotopic (exact) mass is 193 g/mol. The van der Waals surface area contributed by atoms with E-state index in [-0.39, 0.29) is 17.9 Å². The molecule has 2 rings (SSSR count). The highest BCUT2D eigenvalue weighted by molar-refractivity contribution is 6.06. The van der Waals surface area contributed by atoms with Crippen LogP contribution in [0.1, 0.15) is 15.9 Å². The molecular formula is C9H7NO4. The summed E-state index contributed by atoms with van der Waals surface area (Å²) in [6, 6.07) is 4.25. The van der Waals surface area contributed by atoms with Crippen LogP contribution in [0, 0.1) is 0 Å². The van der Waals surface area contributed by atoms with Crippen LogP contribution in [0.15, 0.2) is 18.2 Å². The summed E-state index contributed by atoms with van der Waals surface area (Å²) in [7, 11) is 0. The third-order valence-electron chi connectivity index (χ3n) is 2.13. The predicted molar refractivity (Wildman–Crippen MR) is 46.0 cm³/mol. The highest BCUT2D eigenvalue weighted by Gasteiger charge is 2.31. The Kier molecular flexibility index (Phi) is 1.67. The van der Waals surface area contributed by atoms with E-state index in [1.165, 1.54) is 12.1 Å². The number of benzene rings is 1. The van der Waals surface area contributed by atoms with Crippen molar-refractivity contribution in [3.8, 4) is 5.75 Å². The van der Waals surface area contributed by atoms with Gasteiger partial charge in [0.2, 0.25) is 0 Å². The van der Waals surface area contributed by atoms with Gasteiger partial charge in [-0.1, -0.05) is 6.07 Å². The summed E-state index contributed by atoms with van der Waals surface area (Å²) in [4.78, 5) is 22.7. The quantitative estimate of drug-likeness (QED) is 0.644. The number of fused-ring (bicyclic) bond motifs is 1. The largest absolute Gasteiger partial charge is 0.508 e. The molecule has 1 heterocycles. The Morgan fingerprint density at radius 2 is 2.14 bits per heavy atom. The van der Waals surface area contributed by atoms with E-state index in [2.05, 4.69) is 0 Å². The van der Waals surface area contributed by atoms with Crippen molar-refractivity contribution in [2.24, 2.45) is 0 Å². The molecule has 0 unspecified atom stereocenters. The summed E-state index contributed by atoms with van der Waals surface area (Å²) < 4.78 is 0. The summed E-state index contributed by atoms with van der Waals surface area (Å²) in [5, 5.41) is 17.8. The van der Waals surface area contributed by atoms with Crippen LogP contribution in [0.5, 0.6) is 5.75 Å². The van der Waals surface area contributed by atoms with Gasteiger partial charge in [-0.3, -0.25) is 4.79 Å². The van der Waals surface area contributed by atoms with E-state index in [1.54, 1.807) is 6.07 Å². The minimum Gasteiger partial charge on any atom is -0.508 e. The number of rotatable bonds is 0. The molecule has 0 saturated heterocycles. The zero-order valence-electron chi connectivity index (χ0n) is 7.10. The first-order valence-corrected chi connectivity index (χ1v) is 3.96. The van der Waals surface area contributed by atoms with Gasteiger partial charge in [-0.15, -0.1) is 0 Å². The van der Waals surface area contributed by atoms with Crippen molar-refractivity contribution in [3.63, 3.8) is 0 Å². The summed E-state index contributed by atoms with van der Waals surface area (Å²) in [5.41, 5.74) is 0.877. The summed E-state index contributed by atoms with van der Waals surface area (Å²) >= 11 is 0. The van der Waals surface area contributed by atoms with E-state index in [0.717, 1.165) is 0 Å². The standard InChI is InChI=1S/C9H7NO4/c11-6-2-1-5-4-10(9(13)14)8(12)7(5)3-6/h1-3,11H,4H2,(H,13,14). The molecule has 2 amide bonds. The summed E-state index contributed by atoms with van der Waals surface area (Å²) in [6.07, 6.45) is -1.27. The molecule has 0 bridgehead atoms. The lowest BCUT2D eigenvalue weighted by molar-refractivity contribution is 0.0763. The van der Waals surface area contributed by atoms with Crippen molar-refractivity contribution in [2.45, 2.75) is 6.54 Å². The Morgan fingerprint density at radius 3 is 2.79 bits per heavy atom. The topological polar surface area (TPSA) is 77.8 Å². The van der Waals surface area contributed by atoms with Crippen molar-refractivity contribution < 1.29 is 19.8 Å². The van der Waals surface area contributed by atoms with Gasteiger partial charge in [0.1, 0.15) is 5.75 Å². The van der Waals surface area contributed by atoms with Crippen LogP contribution in [0.2, 0.25) is 0 Å². The van der Waals surface area contributed by atoms with Gasteiger partial charge >= 0.3 is 6.09 Å². The molecule has 14 heavy (non-hydrogen) atoms. The molecule has 2 N–H and O–H groups in total. The normalized spacial score (nSPS) is 14.3. The molecule has 1 aliphatic rings. The molecule has 0 saturated carbocycles. The Bertz CT molecular complexity index is 427. The van der Waals surface area contributed by atoms with Crippen molar-refractivity contribution >= 4 is 12.0 Å². The highest BCUT2D eigenvalue weighted by atomic mass is 16.4. The van der Waals surface area contributed by atoms with E-state index in [9.17, 15) is 9.59 Å². The zero-order chi connectivity index (χ0) is 10.3. The van der Waals surface area contributed by atoms with E-state index in [1.807, 2.05) is 0 Å². The Labute approximate surface area is 79.2 Å². The molecule has 0 fully saturated rings. The molecule has 0 atom stereocenters. The van der Waals surface area contributed by atoms with Crippen LogP contribution in [0.3, 0.4) is 0 Å². The van der Waals surface area contributed by atoms with Gasteiger partial charge in [-0.05, 0) is 17.7 Å². The van der Waals surface area contributed by atoms with Crippen LogP contribution in [0.4, 0.5) is 4.79 Å². The molecule has 5 nitrogen and oxygen atoms in total. The number of carboxylic acid groups (broad SMARTS) is 1. The smallest absolute Gasteiger partial charge is 0.414 e. The van der Waals surface area contributed by atoms with E-state index < -0.39 is 12.0 Å². The Morgan fingerprint density at radius 1 is 1.43 bits per heavy atom. The van der Waals surface area contributed by atoms with E-state index in [0.29, 0.717) is 10.5 Å².